The molecule has 1 aromatic carbocycles. The average molecular weight is 284 g/mol. The van der Waals surface area contributed by atoms with Crippen LogP contribution in [0.2, 0.25) is 5.02 Å². The molecule has 0 saturated carbocycles. The van der Waals surface area contributed by atoms with Gasteiger partial charge >= 0.3 is 6.18 Å². The second-order valence-electron chi connectivity index (χ2n) is 3.05. The lowest BCUT2D eigenvalue weighted by atomic mass is 10.4. The minimum Gasteiger partial charge on any atom is -0.222 e. The van der Waals surface area contributed by atoms with Crippen molar-refractivity contribution in [3.63, 3.8) is 0 Å². The van der Waals surface area contributed by atoms with Gasteiger partial charge in [-0.2, -0.15) is 18.4 Å². The number of sulfone groups is 1. The summed E-state index contributed by atoms with van der Waals surface area (Å²) in [4.78, 5) is -0.592. The van der Waals surface area contributed by atoms with E-state index < -0.39 is 26.2 Å². The van der Waals surface area contributed by atoms with Crippen LogP contribution in [0.3, 0.4) is 0 Å². The van der Waals surface area contributed by atoms with Crippen LogP contribution in [-0.4, -0.2) is 19.8 Å². The van der Waals surface area contributed by atoms with E-state index in [1.807, 2.05) is 0 Å². The molecule has 8 heteroatoms. The molecule has 0 radical (unpaired) electrons. The number of hydrogen-bond acceptors (Lipinski definition) is 3. The molecule has 0 saturated heterocycles. The first kappa shape index (κ1) is 13.8. The maximum absolute atomic E-state index is 12.4. The molecule has 0 heterocycles. The molecule has 1 atom stereocenters. The van der Waals surface area contributed by atoms with Gasteiger partial charge in [-0.05, 0) is 24.3 Å². The number of rotatable bonds is 2. The molecular formula is C9H5ClF3NO2S. The molecule has 3 nitrogen and oxygen atoms in total. The van der Waals surface area contributed by atoms with Crippen molar-refractivity contribution in [2.45, 2.75) is 16.3 Å². The van der Waals surface area contributed by atoms with Crippen LogP contribution < -0.4 is 0 Å². The van der Waals surface area contributed by atoms with E-state index in [-0.39, 0.29) is 5.02 Å². The second kappa shape index (κ2) is 4.55. The van der Waals surface area contributed by atoms with Gasteiger partial charge in [0.25, 0.3) is 0 Å². The number of nitriles is 1. The van der Waals surface area contributed by atoms with Crippen molar-refractivity contribution >= 4 is 21.4 Å². The van der Waals surface area contributed by atoms with Gasteiger partial charge in [-0.25, -0.2) is 8.42 Å². The summed E-state index contributed by atoms with van der Waals surface area (Å²) in [7, 11) is -4.77. The van der Waals surface area contributed by atoms with Crippen molar-refractivity contribution in [1.82, 2.24) is 0 Å². The lowest BCUT2D eigenvalue weighted by Gasteiger charge is -2.13. The van der Waals surface area contributed by atoms with Gasteiger partial charge in [-0.1, -0.05) is 11.6 Å². The third-order valence-electron chi connectivity index (χ3n) is 1.87. The summed E-state index contributed by atoms with van der Waals surface area (Å²) in [6.07, 6.45) is -5.13. The second-order valence-corrected chi connectivity index (χ2v) is 5.52. The molecule has 0 aliphatic carbocycles. The zero-order valence-electron chi connectivity index (χ0n) is 8.07. The zero-order chi connectivity index (χ0) is 13.3. The largest absolute Gasteiger partial charge is 0.418 e. The number of nitrogens with zero attached hydrogens (tertiary/aromatic N) is 1. The predicted octanol–water partition coefficient (Wildman–Crippen LogP) is 2.57. The lowest BCUT2D eigenvalue weighted by molar-refractivity contribution is -0.120. The summed E-state index contributed by atoms with van der Waals surface area (Å²) in [5.74, 6) is 0. The van der Waals surface area contributed by atoms with Gasteiger partial charge < -0.3 is 0 Å². The molecule has 1 aromatic rings. The van der Waals surface area contributed by atoms with Crippen LogP contribution in [0, 0.1) is 11.3 Å². The quantitative estimate of drug-likeness (QED) is 0.838. The van der Waals surface area contributed by atoms with Crippen molar-refractivity contribution in [2.75, 3.05) is 0 Å². The highest BCUT2D eigenvalue weighted by Gasteiger charge is 2.49. The third-order valence-corrected chi connectivity index (χ3v) is 4.04. The molecule has 0 aromatic heterocycles. The van der Waals surface area contributed by atoms with E-state index in [1.165, 1.54) is 0 Å². The number of hydrogen-bond donors (Lipinski definition) is 0. The van der Waals surface area contributed by atoms with E-state index in [0.717, 1.165) is 30.3 Å². The van der Waals surface area contributed by atoms with Gasteiger partial charge in [0.15, 0.2) is 0 Å². The molecule has 92 valence electrons. The van der Waals surface area contributed by atoms with Crippen molar-refractivity contribution in [3.8, 4) is 6.07 Å². The molecule has 0 fully saturated rings. The normalized spacial score (nSPS) is 14.1. The molecule has 0 N–H and O–H groups in total. The Morgan fingerprint density at radius 2 is 1.71 bits per heavy atom. The van der Waals surface area contributed by atoms with Crippen molar-refractivity contribution in [1.29, 1.82) is 5.26 Å². The number of halogens is 4. The van der Waals surface area contributed by atoms with E-state index in [1.54, 1.807) is 0 Å². The van der Waals surface area contributed by atoms with E-state index in [4.69, 9.17) is 16.9 Å². The summed E-state index contributed by atoms with van der Waals surface area (Å²) in [6, 6.07) is 4.87. The highest BCUT2D eigenvalue weighted by molar-refractivity contribution is 7.92. The van der Waals surface area contributed by atoms with Crippen LogP contribution in [0.1, 0.15) is 0 Å². The fraction of sp³-hybridized carbons (Fsp3) is 0.222. The first-order chi connectivity index (χ1) is 7.69. The van der Waals surface area contributed by atoms with E-state index in [0.29, 0.717) is 0 Å². The molecule has 0 bridgehead atoms. The molecule has 0 aliphatic rings. The van der Waals surface area contributed by atoms with E-state index in [2.05, 4.69) is 0 Å². The Balaban J connectivity index is 3.29. The van der Waals surface area contributed by atoms with Crippen LogP contribution in [0.15, 0.2) is 29.2 Å². The summed E-state index contributed by atoms with van der Waals surface area (Å²) in [5, 5.41) is 5.45. The topological polar surface area (TPSA) is 57.9 Å². The van der Waals surface area contributed by atoms with Crippen LogP contribution in [0.25, 0.3) is 0 Å². The monoisotopic (exact) mass is 283 g/mol. The van der Waals surface area contributed by atoms with Crippen LogP contribution >= 0.6 is 11.6 Å². The first-order valence-electron chi connectivity index (χ1n) is 4.15. The van der Waals surface area contributed by atoms with Gasteiger partial charge in [-0.3, -0.25) is 0 Å². The summed E-state index contributed by atoms with van der Waals surface area (Å²) in [6.45, 7) is 0. The van der Waals surface area contributed by atoms with E-state index >= 15 is 0 Å². The standard InChI is InChI=1S/C9H5ClF3NO2S/c10-6-1-3-7(4-2-6)17(15,16)8(5-14)9(11,12)13/h1-4,8H. The molecule has 1 unspecified atom stereocenters. The Labute approximate surface area is 100 Å². The maximum atomic E-state index is 12.4. The van der Waals surface area contributed by atoms with Gasteiger partial charge in [0.1, 0.15) is 0 Å². The van der Waals surface area contributed by atoms with E-state index in [9.17, 15) is 21.6 Å². The maximum Gasteiger partial charge on any atom is 0.418 e. The Morgan fingerprint density at radius 3 is 2.06 bits per heavy atom. The molecule has 1 rings (SSSR count). The van der Waals surface area contributed by atoms with Crippen molar-refractivity contribution in [2.24, 2.45) is 0 Å². The Bertz CT molecular complexity index is 545. The van der Waals surface area contributed by atoms with Crippen molar-refractivity contribution in [3.05, 3.63) is 29.3 Å². The molecule has 17 heavy (non-hydrogen) atoms. The minimum atomic E-state index is -5.13. The molecule has 0 aliphatic heterocycles. The SMILES string of the molecule is N#CC(C(F)(F)F)S(=O)(=O)c1ccc(Cl)cc1. The molecule has 0 spiro atoms. The Morgan fingerprint density at radius 1 is 1.24 bits per heavy atom. The number of benzene rings is 1. The Kier molecular flexibility index (Phi) is 3.69. The molecular weight excluding hydrogens is 279 g/mol. The summed E-state index contributed by atoms with van der Waals surface area (Å²) >= 11 is 5.48. The van der Waals surface area contributed by atoms with Crippen molar-refractivity contribution < 1.29 is 21.6 Å². The van der Waals surface area contributed by atoms with Gasteiger partial charge in [0.05, 0.1) is 11.0 Å². The third kappa shape index (κ3) is 2.90. The first-order valence-corrected chi connectivity index (χ1v) is 6.08. The Hall–Kier alpha value is -1.26. The highest BCUT2D eigenvalue weighted by atomic mass is 35.5. The average Bonchev–Trinajstić information content (AvgIpc) is 2.16. The van der Waals surface area contributed by atoms with Crippen LogP contribution in [0.4, 0.5) is 13.2 Å². The minimum absolute atomic E-state index is 0.185. The fourth-order valence-electron chi connectivity index (χ4n) is 1.08. The zero-order valence-corrected chi connectivity index (χ0v) is 9.64. The van der Waals surface area contributed by atoms with Crippen LogP contribution in [0.5, 0.6) is 0 Å². The predicted molar refractivity (Wildman–Crippen MR) is 54.1 cm³/mol. The summed E-state index contributed by atoms with van der Waals surface area (Å²) in [5.41, 5.74) is 0. The van der Waals surface area contributed by atoms with Gasteiger partial charge in [-0.15, -0.1) is 0 Å². The van der Waals surface area contributed by atoms with Gasteiger partial charge in [0.2, 0.25) is 15.1 Å². The van der Waals surface area contributed by atoms with Crippen LogP contribution in [-0.2, 0) is 9.84 Å². The summed E-state index contributed by atoms with van der Waals surface area (Å²) < 4.78 is 60.1. The smallest absolute Gasteiger partial charge is 0.222 e. The van der Waals surface area contributed by atoms with Gasteiger partial charge in [0, 0.05) is 5.02 Å². The molecule has 0 amide bonds. The lowest BCUT2D eigenvalue weighted by Crippen LogP contribution is -2.35. The number of alkyl halides is 3. The fourth-order valence-corrected chi connectivity index (χ4v) is 2.48. The highest BCUT2D eigenvalue weighted by Crippen LogP contribution is 2.30.